The third-order valence-corrected chi connectivity index (χ3v) is 7.52. The maximum absolute atomic E-state index is 15.5. The van der Waals surface area contributed by atoms with Gasteiger partial charge >= 0.3 is 5.97 Å². The molecule has 1 aliphatic heterocycles. The lowest BCUT2D eigenvalue weighted by atomic mass is 10.0. The van der Waals surface area contributed by atoms with Crippen molar-refractivity contribution in [3.05, 3.63) is 94.0 Å². The molecule has 0 unspecified atom stereocenters. The number of pyridine rings is 1. The highest BCUT2D eigenvalue weighted by atomic mass is 35.5. The first-order valence-corrected chi connectivity index (χ1v) is 13.8. The van der Waals surface area contributed by atoms with Crippen molar-refractivity contribution in [3.8, 4) is 17.1 Å². The number of halogens is 3. The van der Waals surface area contributed by atoms with Gasteiger partial charge in [-0.25, -0.2) is 23.5 Å². The van der Waals surface area contributed by atoms with Crippen molar-refractivity contribution in [1.29, 1.82) is 0 Å². The quantitative estimate of drug-likeness (QED) is 0.215. The Labute approximate surface area is 244 Å². The van der Waals surface area contributed by atoms with Crippen molar-refractivity contribution in [2.75, 3.05) is 6.61 Å². The highest BCUT2D eigenvalue weighted by Crippen LogP contribution is 2.29. The number of hydrogen-bond acceptors (Lipinski definition) is 6. The number of aromatic nitrogens is 5. The number of carboxylic acids is 1. The summed E-state index contributed by atoms with van der Waals surface area (Å²) >= 11 is 6.20. The van der Waals surface area contributed by atoms with Gasteiger partial charge in [-0.15, -0.1) is 0 Å². The van der Waals surface area contributed by atoms with E-state index in [0.29, 0.717) is 47.3 Å². The molecule has 1 fully saturated rings. The standard InChI is InChI=1S/C30H26ClF2N5O4/c1-2-37-15-21(31)26(36-37)16-42-29-5-3-4-24(35-29)20-13-22(32)18(10-23(20)33)12-28-34-25-7-6-17(30(39)40)11-27(25)38(28)14-19-8-9-41-19/h3-7,10-11,13,15,19H,2,8-9,12,14,16H2,1H3,(H,39,40)/t19-/m0/s1. The van der Waals surface area contributed by atoms with E-state index in [4.69, 9.17) is 21.1 Å². The van der Waals surface area contributed by atoms with Crippen LogP contribution >= 0.6 is 11.6 Å². The molecule has 3 aromatic heterocycles. The van der Waals surface area contributed by atoms with Crippen molar-refractivity contribution in [1.82, 2.24) is 24.3 Å². The molecule has 1 N–H and O–H groups in total. The average molecular weight is 594 g/mol. The second-order valence-corrected chi connectivity index (χ2v) is 10.4. The molecular formula is C30H26ClF2N5O4. The lowest BCUT2D eigenvalue weighted by Crippen LogP contribution is -2.31. The molecule has 1 atom stereocenters. The third kappa shape index (κ3) is 5.57. The normalized spacial score (nSPS) is 14.7. The summed E-state index contributed by atoms with van der Waals surface area (Å²) in [6.45, 7) is 3.74. The Bertz CT molecular complexity index is 1800. The molecule has 0 amide bonds. The zero-order valence-electron chi connectivity index (χ0n) is 22.6. The number of carbonyl (C=O) groups is 1. The van der Waals surface area contributed by atoms with Gasteiger partial charge < -0.3 is 19.1 Å². The van der Waals surface area contributed by atoms with Crippen LogP contribution in [-0.2, 0) is 30.9 Å². The largest absolute Gasteiger partial charge is 0.478 e. The summed E-state index contributed by atoms with van der Waals surface area (Å²) in [5.74, 6) is -1.65. The highest BCUT2D eigenvalue weighted by molar-refractivity contribution is 6.31. The molecule has 0 radical (unpaired) electrons. The molecular weight excluding hydrogens is 568 g/mol. The molecule has 2 aromatic carbocycles. The fourth-order valence-electron chi connectivity index (χ4n) is 4.85. The van der Waals surface area contributed by atoms with Crippen LogP contribution < -0.4 is 4.74 Å². The number of aromatic carboxylic acids is 1. The van der Waals surface area contributed by atoms with Crippen LogP contribution in [0, 0.1) is 11.6 Å². The lowest BCUT2D eigenvalue weighted by molar-refractivity contribution is -0.0589. The zero-order valence-corrected chi connectivity index (χ0v) is 23.3. The Balaban J connectivity index is 1.27. The second-order valence-electron chi connectivity index (χ2n) is 9.96. The number of nitrogens with zero attached hydrogens (tertiary/aromatic N) is 5. The molecule has 0 saturated carbocycles. The molecule has 5 aromatic rings. The Morgan fingerprint density at radius 2 is 2.00 bits per heavy atom. The van der Waals surface area contributed by atoms with Gasteiger partial charge in [0.25, 0.3) is 0 Å². The first-order valence-electron chi connectivity index (χ1n) is 13.4. The number of imidazole rings is 1. The van der Waals surface area contributed by atoms with Gasteiger partial charge in [-0.3, -0.25) is 4.68 Å². The van der Waals surface area contributed by atoms with Crippen molar-refractivity contribution >= 4 is 28.6 Å². The van der Waals surface area contributed by atoms with Gasteiger partial charge in [-0.05, 0) is 55.3 Å². The topological polar surface area (TPSA) is 104 Å². The predicted octanol–water partition coefficient (Wildman–Crippen LogP) is 5.90. The van der Waals surface area contributed by atoms with Crippen LogP contribution in [-0.4, -0.2) is 48.1 Å². The van der Waals surface area contributed by atoms with Crippen molar-refractivity contribution in [2.24, 2.45) is 0 Å². The Morgan fingerprint density at radius 1 is 1.17 bits per heavy atom. The van der Waals surface area contributed by atoms with Crippen LogP contribution in [0.25, 0.3) is 22.3 Å². The summed E-state index contributed by atoms with van der Waals surface area (Å²) < 4.78 is 45.7. The minimum atomic E-state index is -1.06. The summed E-state index contributed by atoms with van der Waals surface area (Å²) in [5, 5.41) is 14.3. The van der Waals surface area contributed by atoms with E-state index in [1.165, 1.54) is 12.1 Å². The fourth-order valence-corrected chi connectivity index (χ4v) is 5.06. The van der Waals surface area contributed by atoms with E-state index in [2.05, 4.69) is 15.1 Å². The van der Waals surface area contributed by atoms with Crippen LogP contribution in [0.3, 0.4) is 0 Å². The van der Waals surface area contributed by atoms with Gasteiger partial charge in [0.05, 0.1) is 40.0 Å². The molecule has 1 aliphatic rings. The fraction of sp³-hybridized carbons (Fsp3) is 0.267. The van der Waals surface area contributed by atoms with Crippen LogP contribution in [0.2, 0.25) is 5.02 Å². The first kappa shape index (κ1) is 27.8. The number of rotatable bonds is 10. The summed E-state index contributed by atoms with van der Waals surface area (Å²) in [7, 11) is 0. The summed E-state index contributed by atoms with van der Waals surface area (Å²) in [5.41, 5.74) is 2.12. The molecule has 9 nitrogen and oxygen atoms in total. The monoisotopic (exact) mass is 593 g/mol. The van der Waals surface area contributed by atoms with E-state index in [1.807, 2.05) is 11.5 Å². The third-order valence-electron chi connectivity index (χ3n) is 7.21. The maximum Gasteiger partial charge on any atom is 0.335 e. The summed E-state index contributed by atoms with van der Waals surface area (Å²) in [4.78, 5) is 20.5. The number of fused-ring (bicyclic) bond motifs is 1. The Hall–Kier alpha value is -4.35. The Morgan fingerprint density at radius 3 is 2.71 bits per heavy atom. The van der Waals surface area contributed by atoms with Crippen LogP contribution in [0.1, 0.15) is 40.8 Å². The van der Waals surface area contributed by atoms with Gasteiger partial charge in [-0.2, -0.15) is 5.10 Å². The molecule has 216 valence electrons. The van der Waals surface area contributed by atoms with Gasteiger partial charge in [0.15, 0.2) is 0 Å². The SMILES string of the molecule is CCn1cc(Cl)c(COc2cccc(-c3cc(F)c(Cc4nc5ccc(C(=O)O)cc5n4C[C@@H]4CCO4)cc3F)n2)n1. The smallest absolute Gasteiger partial charge is 0.335 e. The second kappa shape index (κ2) is 11.5. The number of benzene rings is 2. The van der Waals surface area contributed by atoms with E-state index in [9.17, 15) is 9.90 Å². The van der Waals surface area contributed by atoms with Crippen molar-refractivity contribution in [3.63, 3.8) is 0 Å². The zero-order chi connectivity index (χ0) is 29.4. The number of ether oxygens (including phenoxy) is 2. The average Bonchev–Trinajstić information content (AvgIpc) is 3.49. The van der Waals surface area contributed by atoms with E-state index >= 15 is 8.78 Å². The van der Waals surface area contributed by atoms with Crippen LogP contribution in [0.5, 0.6) is 5.88 Å². The highest BCUT2D eigenvalue weighted by Gasteiger charge is 2.24. The molecule has 0 aliphatic carbocycles. The van der Waals surface area contributed by atoms with Crippen LogP contribution in [0.15, 0.2) is 54.7 Å². The van der Waals surface area contributed by atoms with Gasteiger partial charge in [0.1, 0.15) is 29.8 Å². The van der Waals surface area contributed by atoms with E-state index in [-0.39, 0.29) is 47.4 Å². The molecule has 0 spiro atoms. The van der Waals surface area contributed by atoms with Crippen molar-refractivity contribution < 1.29 is 28.2 Å². The van der Waals surface area contributed by atoms with Crippen LogP contribution in [0.4, 0.5) is 8.78 Å². The summed E-state index contributed by atoms with van der Waals surface area (Å²) in [6.07, 6.45) is 2.49. The van der Waals surface area contributed by atoms with E-state index < -0.39 is 17.6 Å². The van der Waals surface area contributed by atoms with Gasteiger partial charge in [0.2, 0.25) is 5.88 Å². The minimum Gasteiger partial charge on any atom is -0.478 e. The predicted molar refractivity (Wildman–Crippen MR) is 151 cm³/mol. The molecule has 12 heteroatoms. The summed E-state index contributed by atoms with van der Waals surface area (Å²) in [6, 6.07) is 11.7. The lowest BCUT2D eigenvalue weighted by Gasteiger charge is -2.27. The number of aryl methyl sites for hydroxylation is 1. The Kier molecular flexibility index (Phi) is 7.61. The van der Waals surface area contributed by atoms with E-state index in [0.717, 1.165) is 18.6 Å². The molecule has 1 saturated heterocycles. The number of hydrogen-bond donors (Lipinski definition) is 1. The van der Waals surface area contributed by atoms with Crippen molar-refractivity contribution in [2.45, 2.75) is 45.6 Å². The molecule has 4 heterocycles. The number of carboxylic acid groups (broad SMARTS) is 1. The maximum atomic E-state index is 15.5. The minimum absolute atomic E-state index is 0.00537. The molecule has 0 bridgehead atoms. The van der Waals surface area contributed by atoms with Gasteiger partial charge in [0, 0.05) is 37.4 Å². The first-order chi connectivity index (χ1) is 20.3. The molecule has 6 rings (SSSR count). The molecule has 42 heavy (non-hydrogen) atoms. The van der Waals surface area contributed by atoms with Gasteiger partial charge in [-0.1, -0.05) is 17.7 Å². The van der Waals surface area contributed by atoms with E-state index in [1.54, 1.807) is 35.1 Å².